The van der Waals surface area contributed by atoms with E-state index in [9.17, 15) is 20.4 Å². The van der Waals surface area contributed by atoms with Crippen LogP contribution in [0.5, 0.6) is 0 Å². The lowest BCUT2D eigenvalue weighted by Gasteiger charge is -2.40. The molecule has 0 radical (unpaired) electrons. The van der Waals surface area contributed by atoms with E-state index in [0.717, 1.165) is 5.56 Å². The predicted octanol–water partition coefficient (Wildman–Crippen LogP) is 0.622. The van der Waals surface area contributed by atoms with Crippen molar-refractivity contribution in [2.24, 2.45) is 0 Å². The number of nitrogens with zero attached hydrogens (tertiary/aromatic N) is 3. The Labute approximate surface area is 166 Å². The number of rotatable bonds is 4. The van der Waals surface area contributed by atoms with E-state index < -0.39 is 37.1 Å². The molecule has 1 aliphatic rings. The highest BCUT2D eigenvalue weighted by molar-refractivity contribution is 5.63. The first-order chi connectivity index (χ1) is 14.0. The molecule has 1 aromatic carbocycles. The molecule has 3 heterocycles. The number of benzene rings is 1. The Kier molecular flexibility index (Phi) is 5.39. The van der Waals surface area contributed by atoms with E-state index in [1.807, 2.05) is 12.1 Å². The van der Waals surface area contributed by atoms with Gasteiger partial charge in [-0.2, -0.15) is 0 Å². The second-order valence-corrected chi connectivity index (χ2v) is 6.93. The van der Waals surface area contributed by atoms with Crippen molar-refractivity contribution in [1.82, 2.24) is 15.2 Å². The Balaban J connectivity index is 1.60. The first-order valence-electron chi connectivity index (χ1n) is 9.15. The number of aryl methyl sites for hydroxylation is 1. The van der Waals surface area contributed by atoms with Crippen LogP contribution in [0.4, 0.5) is 0 Å². The minimum atomic E-state index is -1.43. The average Bonchev–Trinajstić information content (AvgIpc) is 3.19. The summed E-state index contributed by atoms with van der Waals surface area (Å²) in [5, 5.41) is 47.5. The Morgan fingerprint density at radius 3 is 2.45 bits per heavy atom. The standard InChI is InChI=1S/C20H21N3O6/c1-10-22-23-20(28-10)13-5-6-14(21-8-13)11-3-2-4-12(7-11)19-18(27)17(26)16(25)15(9-24)29-19/h2-8,15-19,24-27H,9H2,1H3/t15-,16-,17+,18+,19-/m1/s1. The van der Waals surface area contributed by atoms with Gasteiger partial charge in [-0.1, -0.05) is 18.2 Å². The zero-order chi connectivity index (χ0) is 20.5. The van der Waals surface area contributed by atoms with E-state index in [4.69, 9.17) is 9.15 Å². The topological polar surface area (TPSA) is 142 Å². The van der Waals surface area contributed by atoms with Gasteiger partial charge in [0.1, 0.15) is 30.5 Å². The van der Waals surface area contributed by atoms with Crippen molar-refractivity contribution in [3.63, 3.8) is 0 Å². The van der Waals surface area contributed by atoms with Crippen LogP contribution in [0.25, 0.3) is 22.7 Å². The van der Waals surface area contributed by atoms with Gasteiger partial charge in [-0.05, 0) is 23.8 Å². The molecule has 9 nitrogen and oxygen atoms in total. The molecule has 3 aromatic rings. The molecule has 0 unspecified atom stereocenters. The highest BCUT2D eigenvalue weighted by atomic mass is 16.5. The van der Waals surface area contributed by atoms with E-state index in [-0.39, 0.29) is 0 Å². The Bertz CT molecular complexity index is 974. The van der Waals surface area contributed by atoms with E-state index in [0.29, 0.717) is 28.6 Å². The van der Waals surface area contributed by atoms with Gasteiger partial charge in [-0.3, -0.25) is 4.98 Å². The molecule has 0 bridgehead atoms. The molecule has 1 saturated heterocycles. The number of hydrogen-bond acceptors (Lipinski definition) is 9. The quantitative estimate of drug-likeness (QED) is 0.497. The number of pyridine rings is 1. The summed E-state index contributed by atoms with van der Waals surface area (Å²) in [6, 6.07) is 10.8. The molecule has 0 spiro atoms. The van der Waals surface area contributed by atoms with Crippen molar-refractivity contribution in [2.75, 3.05) is 6.61 Å². The lowest BCUT2D eigenvalue weighted by Crippen LogP contribution is -2.55. The molecule has 2 aromatic heterocycles. The summed E-state index contributed by atoms with van der Waals surface area (Å²) in [5.41, 5.74) is 2.74. The van der Waals surface area contributed by atoms with Gasteiger partial charge in [-0.15, -0.1) is 10.2 Å². The third kappa shape index (κ3) is 3.78. The van der Waals surface area contributed by atoms with Gasteiger partial charge < -0.3 is 29.6 Å². The molecule has 1 fully saturated rings. The highest BCUT2D eigenvalue weighted by Crippen LogP contribution is 2.34. The summed E-state index contributed by atoms with van der Waals surface area (Å²) < 4.78 is 11.0. The average molecular weight is 399 g/mol. The highest BCUT2D eigenvalue weighted by Gasteiger charge is 2.43. The zero-order valence-corrected chi connectivity index (χ0v) is 15.6. The van der Waals surface area contributed by atoms with Gasteiger partial charge in [-0.25, -0.2) is 0 Å². The molecular formula is C20H21N3O6. The fourth-order valence-electron chi connectivity index (χ4n) is 3.36. The van der Waals surface area contributed by atoms with Gasteiger partial charge in [0.2, 0.25) is 11.8 Å². The fraction of sp³-hybridized carbons (Fsp3) is 0.350. The van der Waals surface area contributed by atoms with Gasteiger partial charge in [0.15, 0.2) is 0 Å². The van der Waals surface area contributed by atoms with E-state index in [1.54, 1.807) is 37.4 Å². The van der Waals surface area contributed by atoms with Crippen LogP contribution in [0.3, 0.4) is 0 Å². The first-order valence-corrected chi connectivity index (χ1v) is 9.15. The number of aliphatic hydroxyl groups is 4. The second kappa shape index (κ2) is 7.97. The van der Waals surface area contributed by atoms with Crippen molar-refractivity contribution in [3.8, 4) is 22.7 Å². The molecule has 4 rings (SSSR count). The monoisotopic (exact) mass is 399 g/mol. The number of ether oxygens (including phenoxy) is 1. The maximum Gasteiger partial charge on any atom is 0.249 e. The molecular weight excluding hydrogens is 378 g/mol. The molecule has 0 amide bonds. The lowest BCUT2D eigenvalue weighted by molar-refractivity contribution is -0.231. The lowest BCUT2D eigenvalue weighted by atomic mass is 9.90. The van der Waals surface area contributed by atoms with Crippen LogP contribution in [-0.2, 0) is 4.74 Å². The van der Waals surface area contributed by atoms with Crippen LogP contribution in [-0.4, -0.2) is 66.6 Å². The molecule has 152 valence electrons. The molecule has 0 aliphatic carbocycles. The Morgan fingerprint density at radius 2 is 1.79 bits per heavy atom. The van der Waals surface area contributed by atoms with Crippen LogP contribution in [0, 0.1) is 6.92 Å². The van der Waals surface area contributed by atoms with E-state index in [1.165, 1.54) is 0 Å². The van der Waals surface area contributed by atoms with Crippen molar-refractivity contribution in [1.29, 1.82) is 0 Å². The van der Waals surface area contributed by atoms with Crippen molar-refractivity contribution < 1.29 is 29.6 Å². The number of hydrogen-bond donors (Lipinski definition) is 4. The van der Waals surface area contributed by atoms with Crippen LogP contribution < -0.4 is 0 Å². The number of aromatic nitrogens is 3. The van der Waals surface area contributed by atoms with Crippen molar-refractivity contribution in [2.45, 2.75) is 37.4 Å². The third-order valence-corrected chi connectivity index (χ3v) is 4.94. The minimum Gasteiger partial charge on any atom is -0.421 e. The Morgan fingerprint density at radius 1 is 0.966 bits per heavy atom. The van der Waals surface area contributed by atoms with Crippen LogP contribution in [0.1, 0.15) is 17.6 Å². The summed E-state index contributed by atoms with van der Waals surface area (Å²) in [4.78, 5) is 4.44. The maximum atomic E-state index is 10.3. The summed E-state index contributed by atoms with van der Waals surface area (Å²) in [6.07, 6.45) is -4.38. The second-order valence-electron chi connectivity index (χ2n) is 6.93. The molecule has 4 N–H and O–H groups in total. The van der Waals surface area contributed by atoms with Crippen molar-refractivity contribution >= 4 is 0 Å². The smallest absolute Gasteiger partial charge is 0.249 e. The fourth-order valence-corrected chi connectivity index (χ4v) is 3.36. The minimum absolute atomic E-state index is 0.386. The van der Waals surface area contributed by atoms with E-state index >= 15 is 0 Å². The molecule has 29 heavy (non-hydrogen) atoms. The van der Waals surface area contributed by atoms with Crippen LogP contribution in [0.2, 0.25) is 0 Å². The van der Waals surface area contributed by atoms with E-state index in [2.05, 4.69) is 15.2 Å². The first kappa shape index (κ1) is 19.6. The molecule has 1 aliphatic heterocycles. The van der Waals surface area contributed by atoms with Gasteiger partial charge in [0.05, 0.1) is 17.9 Å². The Hall–Kier alpha value is -2.69. The predicted molar refractivity (Wildman–Crippen MR) is 100 cm³/mol. The van der Waals surface area contributed by atoms with Crippen LogP contribution >= 0.6 is 0 Å². The van der Waals surface area contributed by atoms with Crippen molar-refractivity contribution in [3.05, 3.63) is 54.0 Å². The number of aliphatic hydroxyl groups excluding tert-OH is 4. The van der Waals surface area contributed by atoms with Gasteiger partial charge >= 0.3 is 0 Å². The molecule has 0 saturated carbocycles. The maximum absolute atomic E-state index is 10.3. The summed E-state index contributed by atoms with van der Waals surface area (Å²) in [5.74, 6) is 0.855. The summed E-state index contributed by atoms with van der Waals surface area (Å²) in [6.45, 7) is 1.24. The zero-order valence-electron chi connectivity index (χ0n) is 15.6. The van der Waals surface area contributed by atoms with Crippen LogP contribution in [0.15, 0.2) is 47.0 Å². The van der Waals surface area contributed by atoms with Gasteiger partial charge in [0.25, 0.3) is 0 Å². The third-order valence-electron chi connectivity index (χ3n) is 4.94. The van der Waals surface area contributed by atoms with Gasteiger partial charge in [0, 0.05) is 18.7 Å². The molecule has 9 heteroatoms. The SMILES string of the molecule is Cc1nnc(-c2ccc(-c3cccc([C@H]4O[C@H](CO)[C@@H](O)[C@H](O)[C@@H]4O)c3)nc2)o1. The largest absolute Gasteiger partial charge is 0.421 e. The molecule has 5 atom stereocenters. The normalized spacial score (nSPS) is 27.1. The summed E-state index contributed by atoms with van der Waals surface area (Å²) >= 11 is 0. The summed E-state index contributed by atoms with van der Waals surface area (Å²) in [7, 11) is 0.